The molecule has 0 spiro atoms. The van der Waals surface area contributed by atoms with E-state index in [2.05, 4.69) is 10.6 Å². The van der Waals surface area contributed by atoms with Gasteiger partial charge in [0.1, 0.15) is 11.9 Å². The number of hydrogen-bond acceptors (Lipinski definition) is 5. The van der Waals surface area contributed by atoms with Gasteiger partial charge in [-0.2, -0.15) is 5.26 Å². The van der Waals surface area contributed by atoms with Crippen LogP contribution >= 0.6 is 0 Å². The summed E-state index contributed by atoms with van der Waals surface area (Å²) in [5.74, 6) is 0. The molecule has 174 valence electrons. The lowest BCUT2D eigenvalue weighted by molar-refractivity contribution is -0.0472. The first-order valence-corrected chi connectivity index (χ1v) is 11.3. The molecule has 2 aromatic rings. The third kappa shape index (κ3) is 5.33. The molecule has 3 N–H and O–H groups in total. The standard InChI is InChI=1S/C25H29FN4O3/c1-17-2-5-19(14-22(17)29-24(32)28-21-8-13-33-16-21)23(31)30-11-9-25(26,10-12-30)20-6-3-18(15-27)4-7-20/h2-7,14,21,23,31H,8-13,16H2,1H3,(H2,28,29,32)/t21-,23?/m0/s1. The number of rotatable bonds is 5. The molecule has 0 radical (unpaired) electrons. The van der Waals surface area contributed by atoms with E-state index in [1.54, 1.807) is 30.3 Å². The van der Waals surface area contributed by atoms with Gasteiger partial charge in [0.2, 0.25) is 0 Å². The zero-order valence-corrected chi connectivity index (χ0v) is 18.7. The van der Waals surface area contributed by atoms with Gasteiger partial charge in [-0.15, -0.1) is 0 Å². The van der Waals surface area contributed by atoms with Gasteiger partial charge < -0.3 is 20.5 Å². The molecule has 7 nitrogen and oxygen atoms in total. The molecule has 0 aromatic heterocycles. The smallest absolute Gasteiger partial charge is 0.319 e. The molecule has 0 bridgehead atoms. The number of urea groups is 1. The number of carbonyl (C=O) groups excluding carboxylic acids is 1. The first-order valence-electron chi connectivity index (χ1n) is 11.3. The second-order valence-electron chi connectivity index (χ2n) is 8.80. The number of halogens is 1. The first-order chi connectivity index (χ1) is 15.9. The van der Waals surface area contributed by atoms with Gasteiger partial charge in [0.25, 0.3) is 0 Å². The topological polar surface area (TPSA) is 97.6 Å². The molecule has 2 atom stereocenters. The van der Waals surface area contributed by atoms with E-state index in [0.717, 1.165) is 12.0 Å². The number of hydrogen-bond donors (Lipinski definition) is 3. The number of aliphatic hydroxyl groups excluding tert-OH is 1. The Morgan fingerprint density at radius 3 is 2.64 bits per heavy atom. The van der Waals surface area contributed by atoms with Crippen LogP contribution in [0.15, 0.2) is 42.5 Å². The molecular weight excluding hydrogens is 423 g/mol. The number of piperidine rings is 1. The molecule has 0 saturated carbocycles. The minimum Gasteiger partial charge on any atom is -0.379 e. The lowest BCUT2D eigenvalue weighted by Gasteiger charge is -2.39. The van der Waals surface area contributed by atoms with E-state index in [-0.39, 0.29) is 24.9 Å². The number of aryl methyl sites for hydroxylation is 1. The number of likely N-dealkylation sites (tertiary alicyclic amines) is 1. The molecule has 8 heteroatoms. The van der Waals surface area contributed by atoms with E-state index in [0.29, 0.717) is 48.7 Å². The van der Waals surface area contributed by atoms with Crippen LogP contribution in [0.2, 0.25) is 0 Å². The van der Waals surface area contributed by atoms with Gasteiger partial charge in [-0.25, -0.2) is 9.18 Å². The van der Waals surface area contributed by atoms with Crippen molar-refractivity contribution in [3.8, 4) is 6.07 Å². The van der Waals surface area contributed by atoms with Gasteiger partial charge in [-0.3, -0.25) is 4.90 Å². The fourth-order valence-electron chi connectivity index (χ4n) is 4.39. The maximum absolute atomic E-state index is 15.6. The molecule has 2 aliphatic rings. The Labute approximate surface area is 193 Å². The fraction of sp³-hybridized carbons (Fsp3) is 0.440. The van der Waals surface area contributed by atoms with Crippen LogP contribution in [0.5, 0.6) is 0 Å². The van der Waals surface area contributed by atoms with Crippen molar-refractivity contribution in [3.05, 3.63) is 64.7 Å². The summed E-state index contributed by atoms with van der Waals surface area (Å²) in [6.45, 7) is 3.82. The normalized spacial score (nSPS) is 21.2. The summed E-state index contributed by atoms with van der Waals surface area (Å²) >= 11 is 0. The average Bonchev–Trinajstić information content (AvgIpc) is 3.33. The van der Waals surface area contributed by atoms with E-state index in [1.807, 2.05) is 30.0 Å². The zero-order valence-electron chi connectivity index (χ0n) is 18.7. The highest BCUT2D eigenvalue weighted by molar-refractivity contribution is 5.90. The van der Waals surface area contributed by atoms with Crippen molar-refractivity contribution < 1.29 is 19.0 Å². The highest BCUT2D eigenvalue weighted by Crippen LogP contribution is 2.39. The number of carbonyl (C=O) groups is 1. The zero-order chi connectivity index (χ0) is 23.4. The quantitative estimate of drug-likeness (QED) is 0.642. The van der Waals surface area contributed by atoms with Crippen molar-refractivity contribution in [1.29, 1.82) is 5.26 Å². The predicted octanol–water partition coefficient (Wildman–Crippen LogP) is 3.73. The first kappa shape index (κ1) is 23.2. The Balaban J connectivity index is 1.39. The molecule has 2 aliphatic heterocycles. The van der Waals surface area contributed by atoms with Gasteiger partial charge in [0.15, 0.2) is 0 Å². The Bertz CT molecular complexity index is 1020. The number of amides is 2. The highest BCUT2D eigenvalue weighted by Gasteiger charge is 2.38. The summed E-state index contributed by atoms with van der Waals surface area (Å²) in [6.07, 6.45) is 0.388. The van der Waals surface area contributed by atoms with Crippen LogP contribution in [0.4, 0.5) is 14.9 Å². The fourth-order valence-corrected chi connectivity index (χ4v) is 4.39. The molecule has 2 fully saturated rings. The minimum atomic E-state index is -1.48. The Morgan fingerprint density at radius 2 is 2.00 bits per heavy atom. The van der Waals surface area contributed by atoms with E-state index >= 15 is 4.39 Å². The summed E-state index contributed by atoms with van der Waals surface area (Å²) < 4.78 is 20.8. The van der Waals surface area contributed by atoms with Crippen LogP contribution in [0.1, 0.15) is 47.7 Å². The van der Waals surface area contributed by atoms with Crippen LogP contribution in [-0.4, -0.2) is 48.4 Å². The molecular formula is C25H29FN4O3. The second kappa shape index (κ2) is 9.87. The lowest BCUT2D eigenvalue weighted by atomic mass is 9.85. The summed E-state index contributed by atoms with van der Waals surface area (Å²) in [4.78, 5) is 14.2. The summed E-state index contributed by atoms with van der Waals surface area (Å²) in [5, 5.41) is 25.7. The molecule has 2 heterocycles. The van der Waals surface area contributed by atoms with E-state index < -0.39 is 11.9 Å². The molecule has 2 saturated heterocycles. The van der Waals surface area contributed by atoms with Gasteiger partial charge >= 0.3 is 6.03 Å². The Kier molecular flexibility index (Phi) is 6.94. The largest absolute Gasteiger partial charge is 0.379 e. The van der Waals surface area contributed by atoms with Crippen LogP contribution in [0.3, 0.4) is 0 Å². The number of nitrogens with one attached hydrogen (secondary N) is 2. The number of anilines is 1. The van der Waals surface area contributed by atoms with Crippen molar-refractivity contribution in [2.75, 3.05) is 31.6 Å². The molecule has 4 rings (SSSR count). The average molecular weight is 453 g/mol. The lowest BCUT2D eigenvalue weighted by Crippen LogP contribution is -2.42. The van der Waals surface area contributed by atoms with Crippen LogP contribution < -0.4 is 10.6 Å². The third-order valence-corrected chi connectivity index (χ3v) is 6.54. The maximum Gasteiger partial charge on any atom is 0.319 e. The minimum absolute atomic E-state index is 0.00417. The molecule has 2 aromatic carbocycles. The van der Waals surface area contributed by atoms with Crippen LogP contribution in [0.25, 0.3) is 0 Å². The van der Waals surface area contributed by atoms with Crippen molar-refractivity contribution >= 4 is 11.7 Å². The van der Waals surface area contributed by atoms with E-state index in [4.69, 9.17) is 10.00 Å². The molecule has 33 heavy (non-hydrogen) atoms. The number of alkyl halides is 1. The number of ether oxygens (including phenoxy) is 1. The third-order valence-electron chi connectivity index (χ3n) is 6.54. The van der Waals surface area contributed by atoms with Crippen molar-refractivity contribution in [1.82, 2.24) is 10.2 Å². The Hall–Kier alpha value is -2.99. The maximum atomic E-state index is 15.6. The van der Waals surface area contributed by atoms with Crippen molar-refractivity contribution in [2.45, 2.75) is 44.1 Å². The summed E-state index contributed by atoms with van der Waals surface area (Å²) in [7, 11) is 0. The van der Waals surface area contributed by atoms with Gasteiger partial charge in [0, 0.05) is 25.4 Å². The predicted molar refractivity (Wildman–Crippen MR) is 122 cm³/mol. The summed E-state index contributed by atoms with van der Waals surface area (Å²) in [6, 6.07) is 13.8. The number of aliphatic hydroxyl groups is 1. The second-order valence-corrected chi connectivity index (χ2v) is 8.80. The van der Waals surface area contributed by atoms with Crippen molar-refractivity contribution in [3.63, 3.8) is 0 Å². The van der Waals surface area contributed by atoms with Gasteiger partial charge in [-0.1, -0.05) is 24.3 Å². The Morgan fingerprint density at radius 1 is 1.27 bits per heavy atom. The van der Waals surface area contributed by atoms with Gasteiger partial charge in [0.05, 0.1) is 24.3 Å². The van der Waals surface area contributed by atoms with E-state index in [1.165, 1.54) is 0 Å². The van der Waals surface area contributed by atoms with Crippen LogP contribution in [-0.2, 0) is 10.4 Å². The monoisotopic (exact) mass is 452 g/mol. The van der Waals surface area contributed by atoms with Gasteiger partial charge in [-0.05, 0) is 61.1 Å². The number of benzene rings is 2. The molecule has 1 unspecified atom stereocenters. The van der Waals surface area contributed by atoms with E-state index in [9.17, 15) is 9.90 Å². The number of nitriles is 1. The van der Waals surface area contributed by atoms with Crippen LogP contribution in [0, 0.1) is 18.3 Å². The summed E-state index contributed by atoms with van der Waals surface area (Å²) in [5.41, 5.74) is 1.74. The number of nitrogens with zero attached hydrogens (tertiary/aromatic N) is 2. The highest BCUT2D eigenvalue weighted by atomic mass is 19.1. The molecule has 0 aliphatic carbocycles. The van der Waals surface area contributed by atoms with Crippen molar-refractivity contribution in [2.24, 2.45) is 0 Å². The SMILES string of the molecule is Cc1ccc(C(O)N2CCC(F)(c3ccc(C#N)cc3)CC2)cc1NC(=O)N[C@H]1CCOC1. The molecule has 2 amide bonds.